The van der Waals surface area contributed by atoms with Crippen molar-refractivity contribution in [1.29, 1.82) is 0 Å². The first-order chi connectivity index (χ1) is 7.03. The van der Waals surface area contributed by atoms with E-state index in [1.165, 1.54) is 6.07 Å². The monoisotopic (exact) mass is 275 g/mol. The van der Waals surface area contributed by atoms with Gasteiger partial charge in [-0.2, -0.15) is 0 Å². The van der Waals surface area contributed by atoms with Crippen molar-refractivity contribution in [3.05, 3.63) is 33.8 Å². The molecule has 1 nitrogen and oxygen atoms in total. The maximum Gasteiger partial charge on any atom is 0.142 e. The van der Waals surface area contributed by atoms with Crippen molar-refractivity contribution in [2.45, 2.75) is 25.3 Å². The molecule has 0 saturated carbocycles. The van der Waals surface area contributed by atoms with E-state index in [4.69, 9.17) is 0 Å². The molecule has 1 saturated heterocycles. The third-order valence-corrected chi connectivity index (χ3v) is 3.53. The van der Waals surface area contributed by atoms with E-state index in [0.29, 0.717) is 5.56 Å². The lowest BCUT2D eigenvalue weighted by Crippen LogP contribution is -2.34. The Bertz CT molecular complexity index is 386. The van der Waals surface area contributed by atoms with E-state index in [2.05, 4.69) is 21.2 Å². The molecule has 1 aliphatic rings. The number of hydrogen-bond acceptors (Lipinski definition) is 1. The second-order valence-electron chi connectivity index (χ2n) is 4.11. The highest BCUT2D eigenvalue weighted by molar-refractivity contribution is 9.10. The molecule has 1 atom stereocenters. The van der Waals surface area contributed by atoms with E-state index in [1.807, 2.05) is 6.92 Å². The predicted octanol–water partition coefficient (Wildman–Crippen LogP) is 3.33. The van der Waals surface area contributed by atoms with E-state index < -0.39 is 11.4 Å². The zero-order valence-electron chi connectivity index (χ0n) is 8.41. The van der Waals surface area contributed by atoms with Gasteiger partial charge in [0.1, 0.15) is 11.6 Å². The largest absolute Gasteiger partial charge is 0.308 e. The van der Waals surface area contributed by atoms with Crippen LogP contribution in [0.5, 0.6) is 0 Å². The molecule has 1 aliphatic heterocycles. The molecule has 0 aromatic heterocycles. The minimum Gasteiger partial charge on any atom is -0.308 e. The van der Waals surface area contributed by atoms with Gasteiger partial charge in [-0.05, 0) is 54.4 Å². The van der Waals surface area contributed by atoms with Crippen molar-refractivity contribution in [3.8, 4) is 0 Å². The van der Waals surface area contributed by atoms with Crippen LogP contribution in [-0.4, -0.2) is 6.54 Å². The summed E-state index contributed by atoms with van der Waals surface area (Å²) >= 11 is 3.03. The molecule has 0 aliphatic carbocycles. The number of benzene rings is 1. The van der Waals surface area contributed by atoms with Crippen LogP contribution in [0.1, 0.15) is 25.3 Å². The summed E-state index contributed by atoms with van der Waals surface area (Å²) in [6.45, 7) is 2.76. The molecule has 2 rings (SSSR count). The fourth-order valence-corrected chi connectivity index (χ4v) is 2.51. The summed E-state index contributed by atoms with van der Waals surface area (Å²) in [5.74, 6) is -0.776. The first-order valence-electron chi connectivity index (χ1n) is 4.93. The fourth-order valence-electron chi connectivity index (χ4n) is 2.08. The van der Waals surface area contributed by atoms with E-state index in [9.17, 15) is 8.78 Å². The van der Waals surface area contributed by atoms with Crippen molar-refractivity contribution in [2.75, 3.05) is 6.54 Å². The molecule has 1 heterocycles. The fraction of sp³-hybridized carbons (Fsp3) is 0.455. The molecule has 82 valence electrons. The van der Waals surface area contributed by atoms with Crippen LogP contribution in [-0.2, 0) is 5.54 Å². The van der Waals surface area contributed by atoms with Gasteiger partial charge < -0.3 is 5.32 Å². The van der Waals surface area contributed by atoms with Crippen molar-refractivity contribution >= 4 is 15.9 Å². The van der Waals surface area contributed by atoms with Crippen molar-refractivity contribution in [3.63, 3.8) is 0 Å². The molecule has 0 spiro atoms. The molecular weight excluding hydrogens is 264 g/mol. The van der Waals surface area contributed by atoms with E-state index >= 15 is 0 Å². The predicted molar refractivity (Wildman–Crippen MR) is 58.6 cm³/mol. The Morgan fingerprint density at radius 3 is 2.73 bits per heavy atom. The average Bonchev–Trinajstić information content (AvgIpc) is 2.59. The smallest absolute Gasteiger partial charge is 0.142 e. The highest BCUT2D eigenvalue weighted by atomic mass is 79.9. The second kappa shape index (κ2) is 3.83. The van der Waals surface area contributed by atoms with Gasteiger partial charge in [-0.15, -0.1) is 0 Å². The Balaban J connectivity index is 2.51. The van der Waals surface area contributed by atoms with Crippen molar-refractivity contribution in [1.82, 2.24) is 5.32 Å². The van der Waals surface area contributed by atoms with Gasteiger partial charge in [0.25, 0.3) is 0 Å². The molecule has 0 amide bonds. The SMILES string of the molecule is CC1(c2cc(F)cc(Br)c2F)CCCN1. The first kappa shape index (κ1) is 11.0. The normalized spacial score (nSPS) is 25.9. The van der Waals surface area contributed by atoms with E-state index in [1.54, 1.807) is 0 Å². The van der Waals surface area contributed by atoms with Crippen LogP contribution < -0.4 is 5.32 Å². The topological polar surface area (TPSA) is 12.0 Å². The van der Waals surface area contributed by atoms with Crippen LogP contribution >= 0.6 is 15.9 Å². The van der Waals surface area contributed by atoms with Gasteiger partial charge in [0.05, 0.1) is 4.47 Å². The zero-order valence-corrected chi connectivity index (χ0v) is 10.00. The van der Waals surface area contributed by atoms with E-state index in [0.717, 1.165) is 25.5 Å². The van der Waals surface area contributed by atoms with Crippen molar-refractivity contribution in [2.24, 2.45) is 0 Å². The highest BCUT2D eigenvalue weighted by Gasteiger charge is 2.33. The maximum absolute atomic E-state index is 13.8. The number of halogens is 3. The Kier molecular flexibility index (Phi) is 2.81. The number of hydrogen-bond donors (Lipinski definition) is 1. The first-order valence-corrected chi connectivity index (χ1v) is 5.72. The van der Waals surface area contributed by atoms with Crippen LogP contribution in [0, 0.1) is 11.6 Å². The summed E-state index contributed by atoms with van der Waals surface area (Å²) in [5.41, 5.74) is -0.0267. The summed E-state index contributed by atoms with van der Waals surface area (Å²) in [4.78, 5) is 0. The van der Waals surface area contributed by atoms with Crippen LogP contribution in [0.25, 0.3) is 0 Å². The van der Waals surface area contributed by atoms with Crippen LogP contribution in [0.15, 0.2) is 16.6 Å². The van der Waals surface area contributed by atoms with Gasteiger partial charge in [-0.1, -0.05) is 0 Å². The standard InChI is InChI=1S/C11H12BrF2N/c1-11(3-2-4-15-11)8-5-7(13)6-9(12)10(8)14/h5-6,15H,2-4H2,1H3. The molecule has 1 N–H and O–H groups in total. The number of nitrogens with one attached hydrogen (secondary N) is 1. The summed E-state index contributed by atoms with van der Waals surface area (Å²) in [6.07, 6.45) is 1.82. The maximum atomic E-state index is 13.8. The minimum atomic E-state index is -0.436. The van der Waals surface area contributed by atoms with Crippen LogP contribution in [0.2, 0.25) is 0 Å². The molecule has 0 bridgehead atoms. The van der Waals surface area contributed by atoms with Gasteiger partial charge in [-0.3, -0.25) is 0 Å². The Hall–Kier alpha value is -0.480. The molecule has 1 aromatic rings. The van der Waals surface area contributed by atoms with Gasteiger partial charge in [-0.25, -0.2) is 8.78 Å². The molecule has 15 heavy (non-hydrogen) atoms. The van der Waals surface area contributed by atoms with Gasteiger partial charge in [0.15, 0.2) is 0 Å². The lowest BCUT2D eigenvalue weighted by atomic mass is 9.90. The van der Waals surface area contributed by atoms with Crippen LogP contribution in [0.3, 0.4) is 0 Å². The summed E-state index contributed by atoms with van der Waals surface area (Å²) in [5, 5.41) is 3.22. The third-order valence-electron chi connectivity index (χ3n) is 2.96. The molecular formula is C11H12BrF2N. The lowest BCUT2D eigenvalue weighted by Gasteiger charge is -2.25. The Morgan fingerprint density at radius 1 is 1.40 bits per heavy atom. The molecule has 1 fully saturated rings. The van der Waals surface area contributed by atoms with E-state index in [-0.39, 0.29) is 10.3 Å². The molecule has 0 radical (unpaired) electrons. The zero-order chi connectivity index (χ0) is 11.1. The lowest BCUT2D eigenvalue weighted by molar-refractivity contribution is 0.406. The van der Waals surface area contributed by atoms with Crippen molar-refractivity contribution < 1.29 is 8.78 Å². The summed E-state index contributed by atoms with van der Waals surface area (Å²) < 4.78 is 27.2. The third kappa shape index (κ3) is 1.93. The van der Waals surface area contributed by atoms with Gasteiger partial charge >= 0.3 is 0 Å². The van der Waals surface area contributed by atoms with Gasteiger partial charge in [0.2, 0.25) is 0 Å². The quantitative estimate of drug-likeness (QED) is 0.776. The minimum absolute atomic E-state index is 0.187. The Labute approximate surface area is 96.0 Å². The highest BCUT2D eigenvalue weighted by Crippen LogP contribution is 2.34. The molecule has 1 aromatic carbocycles. The number of rotatable bonds is 1. The molecule has 1 unspecified atom stereocenters. The molecule has 4 heteroatoms. The summed E-state index contributed by atoms with van der Waals surface area (Å²) in [6, 6.07) is 2.43. The second-order valence-corrected chi connectivity index (χ2v) is 4.97. The summed E-state index contributed by atoms with van der Waals surface area (Å²) in [7, 11) is 0. The van der Waals surface area contributed by atoms with Crippen LogP contribution in [0.4, 0.5) is 8.78 Å². The van der Waals surface area contributed by atoms with Gasteiger partial charge in [0, 0.05) is 11.1 Å². The Morgan fingerprint density at radius 2 is 2.13 bits per heavy atom. The average molecular weight is 276 g/mol.